The number of nitrogens with zero attached hydrogens (tertiary/aromatic N) is 4. The third-order valence-electron chi connectivity index (χ3n) is 6.61. The molecule has 3 fully saturated rings. The first-order valence-corrected chi connectivity index (χ1v) is 10.8. The molecule has 3 aromatic rings. The number of para-hydroxylation sites is 1. The van der Waals surface area contributed by atoms with Crippen LogP contribution < -0.4 is 5.32 Å². The van der Waals surface area contributed by atoms with Crippen molar-refractivity contribution < 1.29 is 9.53 Å². The number of imidazole rings is 1. The summed E-state index contributed by atoms with van der Waals surface area (Å²) in [6.45, 7) is 2.70. The Morgan fingerprint density at radius 2 is 2.00 bits per heavy atom. The van der Waals surface area contributed by atoms with Crippen LogP contribution in [0.25, 0.3) is 16.9 Å². The van der Waals surface area contributed by atoms with Crippen molar-refractivity contribution in [2.45, 2.75) is 37.5 Å². The standard InChI is InChI=1S/C23H25N5O2/c29-23(26-17-9-19-13-30-21(15-6-7-15)12-27(19)11-17)16-8-20-22(24-10-16)28(14-25-20)18-4-2-1-3-5-18/h1-5,8,10,14-15,17,19,21H,6-7,9,11-13H2,(H,26,29)/t17-,19+,21-/m1/s1. The minimum absolute atomic E-state index is 0.0804. The van der Waals surface area contributed by atoms with Gasteiger partial charge in [-0.1, -0.05) is 18.2 Å². The van der Waals surface area contributed by atoms with E-state index in [1.165, 1.54) is 12.8 Å². The van der Waals surface area contributed by atoms with Gasteiger partial charge in [0.15, 0.2) is 5.65 Å². The largest absolute Gasteiger partial charge is 0.375 e. The minimum atomic E-state index is -0.0804. The van der Waals surface area contributed by atoms with Gasteiger partial charge in [-0.25, -0.2) is 9.97 Å². The number of hydrogen-bond donors (Lipinski definition) is 1. The molecular weight excluding hydrogens is 378 g/mol. The van der Waals surface area contributed by atoms with Crippen molar-refractivity contribution in [2.24, 2.45) is 5.92 Å². The molecule has 6 rings (SSSR count). The maximum atomic E-state index is 12.9. The first kappa shape index (κ1) is 18.0. The Morgan fingerprint density at radius 1 is 1.13 bits per heavy atom. The molecule has 1 saturated carbocycles. The van der Waals surface area contributed by atoms with Gasteiger partial charge in [0.2, 0.25) is 0 Å². The maximum absolute atomic E-state index is 12.9. The monoisotopic (exact) mass is 403 g/mol. The SMILES string of the molecule is O=C(N[C@@H]1C[C@H]2CO[C@@H](C3CC3)CN2C1)c1cnc2c(c1)ncn2-c1ccccc1. The molecule has 0 spiro atoms. The van der Waals surface area contributed by atoms with Crippen LogP contribution in [0.3, 0.4) is 0 Å². The Balaban J connectivity index is 1.15. The van der Waals surface area contributed by atoms with E-state index in [1.807, 2.05) is 41.0 Å². The minimum Gasteiger partial charge on any atom is -0.375 e. The van der Waals surface area contributed by atoms with Crippen LogP contribution in [0.2, 0.25) is 0 Å². The third-order valence-corrected chi connectivity index (χ3v) is 6.61. The van der Waals surface area contributed by atoms with E-state index >= 15 is 0 Å². The Hall–Kier alpha value is -2.77. The van der Waals surface area contributed by atoms with Gasteiger partial charge in [-0.15, -0.1) is 0 Å². The highest BCUT2D eigenvalue weighted by atomic mass is 16.5. The number of hydrogen-bond acceptors (Lipinski definition) is 5. The summed E-state index contributed by atoms with van der Waals surface area (Å²) in [6, 6.07) is 12.4. The van der Waals surface area contributed by atoms with Gasteiger partial charge >= 0.3 is 0 Å². The van der Waals surface area contributed by atoms with Crippen LogP contribution >= 0.6 is 0 Å². The second-order valence-electron chi connectivity index (χ2n) is 8.74. The van der Waals surface area contributed by atoms with Crippen molar-refractivity contribution in [2.75, 3.05) is 19.7 Å². The number of fused-ring (bicyclic) bond motifs is 2. The fourth-order valence-corrected chi connectivity index (χ4v) is 4.83. The van der Waals surface area contributed by atoms with Crippen LogP contribution in [0.5, 0.6) is 0 Å². The van der Waals surface area contributed by atoms with Gasteiger partial charge < -0.3 is 10.1 Å². The summed E-state index contributed by atoms with van der Waals surface area (Å²) in [5.74, 6) is 0.677. The smallest absolute Gasteiger partial charge is 0.253 e. The molecule has 4 heterocycles. The summed E-state index contributed by atoms with van der Waals surface area (Å²) >= 11 is 0. The molecule has 0 bridgehead atoms. The average molecular weight is 403 g/mol. The molecule has 0 radical (unpaired) electrons. The Bertz CT molecular complexity index is 1080. The van der Waals surface area contributed by atoms with Crippen molar-refractivity contribution in [3.05, 3.63) is 54.5 Å². The zero-order chi connectivity index (χ0) is 20.1. The van der Waals surface area contributed by atoms with Crippen molar-refractivity contribution >= 4 is 17.1 Å². The normalized spacial score (nSPS) is 26.6. The fraction of sp³-hybridized carbons (Fsp3) is 0.435. The molecule has 1 aromatic carbocycles. The Kier molecular flexibility index (Phi) is 4.32. The van der Waals surface area contributed by atoms with Crippen LogP contribution in [-0.2, 0) is 4.74 Å². The number of morpholine rings is 1. The van der Waals surface area contributed by atoms with Gasteiger partial charge in [0.1, 0.15) is 11.8 Å². The summed E-state index contributed by atoms with van der Waals surface area (Å²) in [5, 5.41) is 3.20. The summed E-state index contributed by atoms with van der Waals surface area (Å²) in [7, 11) is 0. The summed E-state index contributed by atoms with van der Waals surface area (Å²) < 4.78 is 8.00. The van der Waals surface area contributed by atoms with Crippen LogP contribution in [0, 0.1) is 5.92 Å². The molecule has 3 aliphatic rings. The highest BCUT2D eigenvalue weighted by Gasteiger charge is 2.42. The van der Waals surface area contributed by atoms with Crippen LogP contribution in [0.15, 0.2) is 48.9 Å². The predicted molar refractivity (Wildman–Crippen MR) is 113 cm³/mol. The number of carbonyl (C=O) groups is 1. The number of pyridine rings is 1. The van der Waals surface area contributed by atoms with Gasteiger partial charge in [0, 0.05) is 37.1 Å². The van der Waals surface area contributed by atoms with Gasteiger partial charge in [0.25, 0.3) is 5.91 Å². The van der Waals surface area contributed by atoms with E-state index in [-0.39, 0.29) is 11.9 Å². The average Bonchev–Trinajstić information content (AvgIpc) is 3.42. The topological polar surface area (TPSA) is 72.3 Å². The Morgan fingerprint density at radius 3 is 2.83 bits per heavy atom. The van der Waals surface area contributed by atoms with Gasteiger partial charge in [-0.3, -0.25) is 14.3 Å². The van der Waals surface area contributed by atoms with Crippen LogP contribution in [0.1, 0.15) is 29.6 Å². The molecule has 30 heavy (non-hydrogen) atoms. The molecule has 1 aliphatic carbocycles. The van der Waals surface area contributed by atoms with Crippen molar-refractivity contribution in [1.82, 2.24) is 24.8 Å². The zero-order valence-corrected chi connectivity index (χ0v) is 16.8. The van der Waals surface area contributed by atoms with E-state index in [0.29, 0.717) is 17.7 Å². The number of carbonyl (C=O) groups excluding carboxylic acids is 1. The molecular formula is C23H25N5O2. The lowest BCUT2D eigenvalue weighted by Crippen LogP contribution is -2.47. The van der Waals surface area contributed by atoms with Crippen molar-refractivity contribution in [3.8, 4) is 5.69 Å². The quantitative estimate of drug-likeness (QED) is 0.724. The number of aromatic nitrogens is 3. The fourth-order valence-electron chi connectivity index (χ4n) is 4.83. The second kappa shape index (κ2) is 7.18. The van der Waals surface area contributed by atoms with Crippen LogP contribution in [0.4, 0.5) is 0 Å². The van der Waals surface area contributed by atoms with Gasteiger partial charge in [-0.2, -0.15) is 0 Å². The van der Waals surface area contributed by atoms with E-state index in [4.69, 9.17) is 4.74 Å². The Labute approximate surface area is 175 Å². The van der Waals surface area contributed by atoms with Gasteiger partial charge in [0.05, 0.1) is 18.3 Å². The second-order valence-corrected chi connectivity index (χ2v) is 8.74. The summed E-state index contributed by atoms with van der Waals surface area (Å²) in [6.07, 6.45) is 7.34. The molecule has 1 N–H and O–H groups in total. The van der Waals surface area contributed by atoms with Gasteiger partial charge in [-0.05, 0) is 43.4 Å². The first-order valence-electron chi connectivity index (χ1n) is 10.8. The lowest BCUT2D eigenvalue weighted by Gasteiger charge is -2.35. The maximum Gasteiger partial charge on any atom is 0.253 e. The molecule has 2 saturated heterocycles. The number of nitrogens with one attached hydrogen (secondary N) is 1. The first-order chi connectivity index (χ1) is 14.7. The molecule has 2 aromatic heterocycles. The number of rotatable bonds is 4. The molecule has 7 heteroatoms. The third kappa shape index (κ3) is 3.28. The number of benzene rings is 1. The molecule has 3 atom stereocenters. The lowest BCUT2D eigenvalue weighted by molar-refractivity contribution is -0.0581. The molecule has 0 unspecified atom stereocenters. The van der Waals surface area contributed by atoms with Crippen molar-refractivity contribution in [1.29, 1.82) is 0 Å². The van der Waals surface area contributed by atoms with E-state index in [0.717, 1.165) is 48.9 Å². The van der Waals surface area contributed by atoms with E-state index in [9.17, 15) is 4.79 Å². The molecule has 7 nitrogen and oxygen atoms in total. The highest BCUT2D eigenvalue weighted by Crippen LogP contribution is 2.37. The molecule has 2 aliphatic heterocycles. The van der Waals surface area contributed by atoms with E-state index < -0.39 is 0 Å². The zero-order valence-electron chi connectivity index (χ0n) is 16.8. The summed E-state index contributed by atoms with van der Waals surface area (Å²) in [5.41, 5.74) is 3.02. The highest BCUT2D eigenvalue weighted by molar-refractivity contribution is 5.96. The number of amides is 1. The predicted octanol–water partition coefficient (Wildman–Crippen LogP) is 2.40. The molecule has 154 valence electrons. The van der Waals surface area contributed by atoms with Crippen LogP contribution in [-0.4, -0.2) is 63.2 Å². The molecule has 1 amide bonds. The van der Waals surface area contributed by atoms with E-state index in [2.05, 4.69) is 20.2 Å². The number of ether oxygens (including phenoxy) is 1. The lowest BCUT2D eigenvalue weighted by atomic mass is 10.1. The summed E-state index contributed by atoms with van der Waals surface area (Å²) in [4.78, 5) is 24.4. The van der Waals surface area contributed by atoms with Crippen molar-refractivity contribution in [3.63, 3.8) is 0 Å². The van der Waals surface area contributed by atoms with E-state index in [1.54, 1.807) is 12.5 Å².